The van der Waals surface area contributed by atoms with E-state index >= 15 is 0 Å². The first-order valence-electron chi connectivity index (χ1n) is 4.62. The summed E-state index contributed by atoms with van der Waals surface area (Å²) in [5.41, 5.74) is 1.22. The molecule has 1 aromatic heterocycles. The largest absolute Gasteiger partial charge is 0.394 e. The van der Waals surface area contributed by atoms with Crippen LogP contribution in [-0.2, 0) is 0 Å². The molecule has 1 saturated carbocycles. The van der Waals surface area contributed by atoms with Crippen molar-refractivity contribution in [3.05, 3.63) is 11.1 Å². The Bertz CT molecular complexity index is 283. The van der Waals surface area contributed by atoms with Gasteiger partial charge < -0.3 is 10.4 Å². The lowest BCUT2D eigenvalue weighted by molar-refractivity contribution is 0.281. The number of aliphatic hydroxyl groups is 1. The smallest absolute Gasteiger partial charge is 0.183 e. The van der Waals surface area contributed by atoms with Gasteiger partial charge in [0.1, 0.15) is 0 Å². The summed E-state index contributed by atoms with van der Waals surface area (Å²) < 4.78 is 0. The van der Waals surface area contributed by atoms with Crippen molar-refractivity contribution in [2.45, 2.75) is 31.7 Å². The van der Waals surface area contributed by atoms with Crippen molar-refractivity contribution in [3.63, 3.8) is 0 Å². The summed E-state index contributed by atoms with van der Waals surface area (Å²) in [5.74, 6) is 0.719. The molecule has 1 aliphatic rings. The molecule has 1 aromatic rings. The highest BCUT2D eigenvalue weighted by molar-refractivity contribution is 7.13. The molecule has 0 amide bonds. The average molecular weight is 198 g/mol. The van der Waals surface area contributed by atoms with Gasteiger partial charge in [-0.2, -0.15) is 0 Å². The van der Waals surface area contributed by atoms with Crippen LogP contribution in [0.15, 0.2) is 5.38 Å². The van der Waals surface area contributed by atoms with Gasteiger partial charge in [0, 0.05) is 17.3 Å². The minimum atomic E-state index is 0.0956. The Balaban J connectivity index is 1.96. The summed E-state index contributed by atoms with van der Waals surface area (Å²) >= 11 is 1.63. The summed E-state index contributed by atoms with van der Waals surface area (Å²) in [4.78, 5) is 4.46. The van der Waals surface area contributed by atoms with Crippen molar-refractivity contribution in [2.75, 3.05) is 11.9 Å². The van der Waals surface area contributed by atoms with Crippen LogP contribution in [0, 0.1) is 0 Å². The zero-order valence-electron chi connectivity index (χ0n) is 7.66. The van der Waals surface area contributed by atoms with Crippen molar-refractivity contribution in [2.24, 2.45) is 0 Å². The van der Waals surface area contributed by atoms with Crippen LogP contribution in [0.5, 0.6) is 0 Å². The number of hydrogen-bond donors (Lipinski definition) is 2. The number of aliphatic hydroxyl groups excluding tert-OH is 1. The minimum absolute atomic E-state index is 0.0956. The Labute approximate surface area is 81.8 Å². The summed E-state index contributed by atoms with van der Waals surface area (Å²) in [6, 6.07) is 0.0956. The van der Waals surface area contributed by atoms with Gasteiger partial charge in [-0.05, 0) is 19.8 Å². The average Bonchev–Trinajstić information content (AvgIpc) is 2.88. The first-order chi connectivity index (χ1) is 6.29. The summed E-state index contributed by atoms with van der Waals surface area (Å²) in [6.45, 7) is 2.09. The topological polar surface area (TPSA) is 45.1 Å². The highest BCUT2D eigenvalue weighted by Gasteiger charge is 2.26. The third-order valence-corrected chi connectivity index (χ3v) is 2.95. The predicted molar refractivity (Wildman–Crippen MR) is 54.3 cm³/mol. The molecule has 1 aliphatic carbocycles. The van der Waals surface area contributed by atoms with Crippen molar-refractivity contribution < 1.29 is 5.11 Å². The Morgan fingerprint density at radius 3 is 3.15 bits per heavy atom. The van der Waals surface area contributed by atoms with Gasteiger partial charge in [0.15, 0.2) is 5.13 Å². The van der Waals surface area contributed by atoms with Gasteiger partial charge in [0.2, 0.25) is 0 Å². The van der Waals surface area contributed by atoms with Crippen molar-refractivity contribution in [1.82, 2.24) is 4.98 Å². The summed E-state index contributed by atoms with van der Waals surface area (Å²) in [6.07, 6.45) is 2.58. The molecule has 0 radical (unpaired) electrons. The molecular weight excluding hydrogens is 184 g/mol. The zero-order valence-corrected chi connectivity index (χ0v) is 8.47. The van der Waals surface area contributed by atoms with Crippen LogP contribution in [0.25, 0.3) is 0 Å². The number of anilines is 1. The third kappa shape index (κ3) is 2.19. The first kappa shape index (κ1) is 8.97. The molecule has 13 heavy (non-hydrogen) atoms. The van der Waals surface area contributed by atoms with E-state index in [1.165, 1.54) is 18.5 Å². The number of thiazole rings is 1. The van der Waals surface area contributed by atoms with E-state index in [-0.39, 0.29) is 12.6 Å². The van der Waals surface area contributed by atoms with Crippen LogP contribution in [0.4, 0.5) is 5.13 Å². The van der Waals surface area contributed by atoms with E-state index in [2.05, 4.69) is 15.7 Å². The second-order valence-corrected chi connectivity index (χ2v) is 4.44. The Morgan fingerprint density at radius 1 is 1.77 bits per heavy atom. The monoisotopic (exact) mass is 198 g/mol. The molecule has 1 atom stereocenters. The second-order valence-electron chi connectivity index (χ2n) is 3.58. The quantitative estimate of drug-likeness (QED) is 0.775. The third-order valence-electron chi connectivity index (χ3n) is 2.16. The maximum absolute atomic E-state index is 8.84. The van der Waals surface area contributed by atoms with Gasteiger partial charge in [-0.1, -0.05) is 0 Å². The molecule has 1 heterocycles. The molecular formula is C9H14N2OS. The summed E-state index contributed by atoms with van der Waals surface area (Å²) in [7, 11) is 0. The predicted octanol–water partition coefficient (Wildman–Crippen LogP) is 1.81. The minimum Gasteiger partial charge on any atom is -0.394 e. The van der Waals surface area contributed by atoms with Crippen LogP contribution >= 0.6 is 11.3 Å². The molecule has 0 saturated heterocycles. The number of aromatic nitrogens is 1. The molecule has 0 aliphatic heterocycles. The molecule has 0 aromatic carbocycles. The molecule has 1 fully saturated rings. The van der Waals surface area contributed by atoms with Crippen molar-refractivity contribution >= 4 is 16.5 Å². The standard InChI is InChI=1S/C9H14N2OS/c1-6(4-12)10-9-11-8(5-13-9)7-2-3-7/h5-7,12H,2-4H2,1H3,(H,10,11). The number of nitrogens with one attached hydrogen (secondary N) is 1. The lowest BCUT2D eigenvalue weighted by Gasteiger charge is -2.07. The van der Waals surface area contributed by atoms with Gasteiger partial charge in [-0.25, -0.2) is 4.98 Å². The molecule has 4 heteroatoms. The van der Waals surface area contributed by atoms with E-state index in [0.29, 0.717) is 0 Å². The lowest BCUT2D eigenvalue weighted by Crippen LogP contribution is -2.18. The van der Waals surface area contributed by atoms with E-state index in [1.807, 2.05) is 6.92 Å². The SMILES string of the molecule is CC(CO)Nc1nc(C2CC2)cs1. The first-order valence-corrected chi connectivity index (χ1v) is 5.50. The van der Waals surface area contributed by atoms with Crippen LogP contribution in [0.3, 0.4) is 0 Å². The molecule has 0 bridgehead atoms. The fourth-order valence-electron chi connectivity index (χ4n) is 1.18. The van der Waals surface area contributed by atoms with Crippen molar-refractivity contribution in [1.29, 1.82) is 0 Å². The Kier molecular flexibility index (Phi) is 2.51. The maximum atomic E-state index is 8.84. The lowest BCUT2D eigenvalue weighted by atomic mass is 10.3. The van der Waals surface area contributed by atoms with Gasteiger partial charge in [-0.15, -0.1) is 11.3 Å². The fourth-order valence-corrected chi connectivity index (χ4v) is 2.08. The van der Waals surface area contributed by atoms with Gasteiger partial charge in [-0.3, -0.25) is 0 Å². The van der Waals surface area contributed by atoms with E-state index in [9.17, 15) is 0 Å². The highest BCUT2D eigenvalue weighted by Crippen LogP contribution is 2.40. The molecule has 2 N–H and O–H groups in total. The van der Waals surface area contributed by atoms with Crippen LogP contribution in [-0.4, -0.2) is 22.7 Å². The molecule has 0 spiro atoms. The fraction of sp³-hybridized carbons (Fsp3) is 0.667. The zero-order chi connectivity index (χ0) is 9.26. The van der Waals surface area contributed by atoms with Crippen LogP contribution in [0.2, 0.25) is 0 Å². The van der Waals surface area contributed by atoms with Gasteiger partial charge in [0.25, 0.3) is 0 Å². The number of rotatable bonds is 4. The molecule has 1 unspecified atom stereocenters. The normalized spacial score (nSPS) is 18.6. The van der Waals surface area contributed by atoms with E-state index in [4.69, 9.17) is 5.11 Å². The summed E-state index contributed by atoms with van der Waals surface area (Å²) in [5, 5.41) is 15.0. The molecule has 72 valence electrons. The maximum Gasteiger partial charge on any atom is 0.183 e. The van der Waals surface area contributed by atoms with E-state index in [0.717, 1.165) is 11.0 Å². The molecule has 2 rings (SSSR count). The van der Waals surface area contributed by atoms with Crippen LogP contribution in [0.1, 0.15) is 31.4 Å². The number of hydrogen-bond acceptors (Lipinski definition) is 4. The second kappa shape index (κ2) is 3.64. The van der Waals surface area contributed by atoms with E-state index in [1.54, 1.807) is 11.3 Å². The number of nitrogens with zero attached hydrogens (tertiary/aromatic N) is 1. The van der Waals surface area contributed by atoms with Gasteiger partial charge >= 0.3 is 0 Å². The Morgan fingerprint density at radius 2 is 2.54 bits per heavy atom. The molecule has 3 nitrogen and oxygen atoms in total. The van der Waals surface area contributed by atoms with Crippen LogP contribution < -0.4 is 5.32 Å². The van der Waals surface area contributed by atoms with Gasteiger partial charge in [0.05, 0.1) is 12.3 Å². The van der Waals surface area contributed by atoms with E-state index < -0.39 is 0 Å². The Hall–Kier alpha value is -0.610. The highest BCUT2D eigenvalue weighted by atomic mass is 32.1. The van der Waals surface area contributed by atoms with Crippen molar-refractivity contribution in [3.8, 4) is 0 Å².